The third kappa shape index (κ3) is 2.19. The zero-order valence-corrected chi connectivity index (χ0v) is 10.8. The lowest BCUT2D eigenvalue weighted by molar-refractivity contribution is 0.349. The fraction of sp³-hybridized carbons (Fsp3) is 0.273. The van der Waals surface area contributed by atoms with Crippen LogP contribution in [0.15, 0.2) is 16.5 Å². The Morgan fingerprint density at radius 1 is 0.944 bits per heavy atom. The summed E-state index contributed by atoms with van der Waals surface area (Å²) >= 11 is 5.60. The fourth-order valence-electron chi connectivity index (χ4n) is 1.51. The van der Waals surface area contributed by atoms with Gasteiger partial charge in [0.25, 0.3) is 5.89 Å². The second-order valence-electron chi connectivity index (χ2n) is 3.27. The van der Waals surface area contributed by atoms with E-state index in [4.69, 9.17) is 30.2 Å². The Kier molecular flexibility index (Phi) is 3.57. The Bertz CT molecular complexity index is 556. The van der Waals surface area contributed by atoms with Gasteiger partial charge in [-0.2, -0.15) is 0 Å². The van der Waals surface area contributed by atoms with Gasteiger partial charge in [-0.1, -0.05) is 5.10 Å². The Balaban J connectivity index is 2.58. The second kappa shape index (κ2) is 5.14. The molecule has 0 unspecified atom stereocenters. The quantitative estimate of drug-likeness (QED) is 0.850. The van der Waals surface area contributed by atoms with E-state index in [1.807, 2.05) is 0 Å². The molecule has 0 N–H and O–H groups in total. The molecule has 0 bridgehead atoms. The first-order valence-corrected chi connectivity index (χ1v) is 5.36. The van der Waals surface area contributed by atoms with Gasteiger partial charge in [0.1, 0.15) is 5.75 Å². The maximum absolute atomic E-state index is 5.60. The number of hydrogen-bond donors (Lipinski definition) is 0. The number of methoxy groups -OCH3 is 3. The summed E-state index contributed by atoms with van der Waals surface area (Å²) in [7, 11) is 4.61. The van der Waals surface area contributed by atoms with Crippen LogP contribution in [0, 0.1) is 0 Å². The number of hydrogen-bond acceptors (Lipinski definition) is 6. The number of halogens is 1. The van der Waals surface area contributed by atoms with E-state index in [1.54, 1.807) is 19.2 Å². The SMILES string of the molecule is COc1cc(OC)c(-c2nnc(Cl)o2)cc1OC. The molecule has 1 aromatic carbocycles. The molecular formula is C11H11ClN2O4. The van der Waals surface area contributed by atoms with Crippen molar-refractivity contribution in [3.05, 3.63) is 17.5 Å². The van der Waals surface area contributed by atoms with Gasteiger partial charge in [0.05, 0.1) is 26.9 Å². The van der Waals surface area contributed by atoms with Crippen LogP contribution in [0.4, 0.5) is 0 Å². The number of nitrogens with zero attached hydrogens (tertiary/aromatic N) is 2. The summed E-state index contributed by atoms with van der Waals surface area (Å²) in [4.78, 5) is 0. The van der Waals surface area contributed by atoms with Crippen molar-refractivity contribution in [2.24, 2.45) is 0 Å². The topological polar surface area (TPSA) is 66.6 Å². The summed E-state index contributed by atoms with van der Waals surface area (Å²) < 4.78 is 20.8. The summed E-state index contributed by atoms with van der Waals surface area (Å²) in [5, 5.41) is 7.35. The molecular weight excluding hydrogens is 260 g/mol. The molecule has 1 heterocycles. The van der Waals surface area contributed by atoms with Crippen LogP contribution < -0.4 is 14.2 Å². The number of rotatable bonds is 4. The molecule has 1 aromatic heterocycles. The maximum atomic E-state index is 5.60. The average Bonchev–Trinajstić information content (AvgIpc) is 2.83. The van der Waals surface area contributed by atoms with Crippen LogP contribution in [0.1, 0.15) is 0 Å². The van der Waals surface area contributed by atoms with Gasteiger partial charge in [0.2, 0.25) is 0 Å². The van der Waals surface area contributed by atoms with E-state index in [9.17, 15) is 0 Å². The normalized spacial score (nSPS) is 10.2. The first kappa shape index (κ1) is 12.5. The van der Waals surface area contributed by atoms with Crippen molar-refractivity contribution in [3.8, 4) is 28.7 Å². The van der Waals surface area contributed by atoms with Gasteiger partial charge in [0.15, 0.2) is 11.5 Å². The Morgan fingerprint density at radius 2 is 1.56 bits per heavy atom. The minimum atomic E-state index is -0.0400. The van der Waals surface area contributed by atoms with Gasteiger partial charge in [-0.05, 0) is 11.6 Å². The lowest BCUT2D eigenvalue weighted by atomic mass is 10.1. The smallest absolute Gasteiger partial charge is 0.313 e. The third-order valence-corrected chi connectivity index (χ3v) is 2.49. The Morgan fingerprint density at radius 3 is 2.06 bits per heavy atom. The van der Waals surface area contributed by atoms with Crippen molar-refractivity contribution in [2.45, 2.75) is 0 Å². The van der Waals surface area contributed by atoms with Gasteiger partial charge in [0, 0.05) is 12.1 Å². The fourth-order valence-corrected chi connectivity index (χ4v) is 1.62. The first-order chi connectivity index (χ1) is 8.69. The Hall–Kier alpha value is -1.95. The molecule has 0 amide bonds. The maximum Gasteiger partial charge on any atom is 0.313 e. The van der Waals surface area contributed by atoms with Crippen molar-refractivity contribution in [3.63, 3.8) is 0 Å². The van der Waals surface area contributed by atoms with Crippen molar-refractivity contribution in [2.75, 3.05) is 21.3 Å². The lowest BCUT2D eigenvalue weighted by Gasteiger charge is -2.11. The number of aromatic nitrogens is 2. The van der Waals surface area contributed by atoms with E-state index >= 15 is 0 Å². The highest BCUT2D eigenvalue weighted by Gasteiger charge is 2.17. The Labute approximate surface area is 108 Å². The molecule has 2 rings (SSSR count). The summed E-state index contributed by atoms with van der Waals surface area (Å²) in [6.07, 6.45) is 0. The highest BCUT2D eigenvalue weighted by molar-refractivity contribution is 6.27. The van der Waals surface area contributed by atoms with Crippen LogP contribution in [0.3, 0.4) is 0 Å². The molecule has 0 saturated heterocycles. The van der Waals surface area contributed by atoms with Crippen LogP contribution in [0.5, 0.6) is 17.2 Å². The van der Waals surface area contributed by atoms with E-state index in [1.165, 1.54) is 14.2 Å². The third-order valence-electron chi connectivity index (χ3n) is 2.34. The average molecular weight is 271 g/mol. The zero-order chi connectivity index (χ0) is 13.1. The van der Waals surface area contributed by atoms with Crippen LogP contribution in [0.25, 0.3) is 11.5 Å². The molecule has 0 fully saturated rings. The molecule has 0 radical (unpaired) electrons. The van der Waals surface area contributed by atoms with Gasteiger partial charge in [-0.25, -0.2) is 0 Å². The molecule has 7 heteroatoms. The monoisotopic (exact) mass is 270 g/mol. The summed E-state index contributed by atoms with van der Waals surface area (Å²) in [6, 6.07) is 3.35. The predicted molar refractivity (Wildman–Crippen MR) is 64.4 cm³/mol. The lowest BCUT2D eigenvalue weighted by Crippen LogP contribution is -1.95. The van der Waals surface area contributed by atoms with Crippen molar-refractivity contribution in [1.29, 1.82) is 0 Å². The molecule has 2 aromatic rings. The highest BCUT2D eigenvalue weighted by Crippen LogP contribution is 2.39. The molecule has 6 nitrogen and oxygen atoms in total. The zero-order valence-electron chi connectivity index (χ0n) is 10.1. The van der Waals surface area contributed by atoms with Crippen molar-refractivity contribution >= 4 is 11.6 Å². The summed E-state index contributed by atoms with van der Waals surface area (Å²) in [6.45, 7) is 0. The minimum Gasteiger partial charge on any atom is -0.496 e. The van der Waals surface area contributed by atoms with E-state index in [0.717, 1.165) is 0 Å². The first-order valence-electron chi connectivity index (χ1n) is 4.99. The summed E-state index contributed by atoms with van der Waals surface area (Å²) in [5.74, 6) is 1.84. The molecule has 96 valence electrons. The molecule has 18 heavy (non-hydrogen) atoms. The second-order valence-corrected chi connectivity index (χ2v) is 3.59. The van der Waals surface area contributed by atoms with E-state index < -0.39 is 0 Å². The molecule has 0 saturated carbocycles. The molecule has 0 aliphatic rings. The van der Waals surface area contributed by atoms with Gasteiger partial charge >= 0.3 is 5.35 Å². The molecule has 0 aliphatic heterocycles. The van der Waals surface area contributed by atoms with Crippen molar-refractivity contribution < 1.29 is 18.6 Å². The van der Waals surface area contributed by atoms with Gasteiger partial charge in [-0.15, -0.1) is 5.10 Å². The van der Waals surface area contributed by atoms with Crippen LogP contribution >= 0.6 is 11.6 Å². The largest absolute Gasteiger partial charge is 0.496 e. The van der Waals surface area contributed by atoms with Crippen LogP contribution in [0.2, 0.25) is 5.35 Å². The summed E-state index contributed by atoms with van der Waals surface area (Å²) in [5.41, 5.74) is 0.578. The molecule has 0 aliphatic carbocycles. The van der Waals surface area contributed by atoms with E-state index in [-0.39, 0.29) is 11.2 Å². The highest BCUT2D eigenvalue weighted by atomic mass is 35.5. The predicted octanol–water partition coefficient (Wildman–Crippen LogP) is 2.42. The molecule has 0 atom stereocenters. The van der Waals surface area contributed by atoms with Gasteiger partial charge < -0.3 is 18.6 Å². The number of benzene rings is 1. The minimum absolute atomic E-state index is 0.0400. The number of ether oxygens (including phenoxy) is 3. The van der Waals surface area contributed by atoms with E-state index in [0.29, 0.717) is 22.8 Å². The van der Waals surface area contributed by atoms with Crippen LogP contribution in [-0.4, -0.2) is 31.5 Å². The molecule has 0 spiro atoms. The van der Waals surface area contributed by atoms with E-state index in [2.05, 4.69) is 10.2 Å². The van der Waals surface area contributed by atoms with Crippen LogP contribution in [-0.2, 0) is 0 Å². The van der Waals surface area contributed by atoms with Crippen molar-refractivity contribution in [1.82, 2.24) is 10.2 Å². The standard InChI is InChI=1S/C11H11ClN2O4/c1-15-7-5-9(17-3)8(16-2)4-6(7)10-13-14-11(12)18-10/h4-5H,1-3H3. The van der Waals surface area contributed by atoms with Gasteiger partial charge in [-0.3, -0.25) is 0 Å².